The van der Waals surface area contributed by atoms with E-state index in [9.17, 15) is 22.8 Å². The molecule has 39 heavy (non-hydrogen) atoms. The number of piperazine rings is 1. The summed E-state index contributed by atoms with van der Waals surface area (Å²) in [6, 6.07) is 8.65. The van der Waals surface area contributed by atoms with Crippen LogP contribution in [0.5, 0.6) is 5.75 Å². The molecule has 2 aromatic rings. The molecule has 1 saturated heterocycles. The molecule has 0 spiro atoms. The molecule has 3 aliphatic rings. The number of urea groups is 1. The first-order valence-corrected chi connectivity index (χ1v) is 12.6. The topological polar surface area (TPSA) is 111 Å². The third-order valence-corrected chi connectivity index (χ3v) is 6.61. The number of nitrogens with one attached hydrogen (secondary N) is 3. The standard InChI is InChI=1S/C26H28F3N7O3/c1-16(37)33-23-14-24(32-15-31-23)39-19-3-5-21-17(12-19)6-9-36(21)25(38)34-18-2-4-22(20(13-18)26(27,28)29)35-10-7-30-8-11-35/h2-5,12-13,15,24,30H,6-11,14H2,1H3,(H,34,38)(H,31,32,33,37). The molecule has 2 aromatic carbocycles. The van der Waals surface area contributed by atoms with Gasteiger partial charge in [-0.15, -0.1) is 0 Å². The van der Waals surface area contributed by atoms with E-state index in [1.54, 1.807) is 17.0 Å². The van der Waals surface area contributed by atoms with Gasteiger partial charge in [-0.2, -0.15) is 13.2 Å². The summed E-state index contributed by atoms with van der Waals surface area (Å²) in [6.07, 6.45) is -2.93. The lowest BCUT2D eigenvalue weighted by atomic mass is 10.1. The molecular formula is C26H28F3N7O3. The Morgan fingerprint density at radius 2 is 1.82 bits per heavy atom. The number of hydrogen-bond donors (Lipinski definition) is 3. The molecule has 0 bridgehead atoms. The lowest BCUT2D eigenvalue weighted by molar-refractivity contribution is -0.137. The molecule has 1 unspecified atom stereocenters. The van der Waals surface area contributed by atoms with Crippen LogP contribution in [-0.4, -0.2) is 63.1 Å². The van der Waals surface area contributed by atoms with E-state index in [-0.39, 0.29) is 17.3 Å². The maximum absolute atomic E-state index is 13.9. The second-order valence-electron chi connectivity index (χ2n) is 9.39. The Hall–Kier alpha value is -4.13. The summed E-state index contributed by atoms with van der Waals surface area (Å²) < 4.78 is 47.6. The number of anilines is 3. The van der Waals surface area contributed by atoms with Crippen molar-refractivity contribution in [2.45, 2.75) is 32.2 Å². The van der Waals surface area contributed by atoms with E-state index in [1.807, 2.05) is 6.07 Å². The molecule has 206 valence electrons. The zero-order valence-electron chi connectivity index (χ0n) is 21.2. The fourth-order valence-corrected chi connectivity index (χ4v) is 4.84. The van der Waals surface area contributed by atoms with Crippen LogP contribution in [0, 0.1) is 0 Å². The van der Waals surface area contributed by atoms with Gasteiger partial charge in [0.2, 0.25) is 5.91 Å². The molecule has 10 nitrogen and oxygen atoms in total. The van der Waals surface area contributed by atoms with Crippen molar-refractivity contribution in [1.29, 1.82) is 0 Å². The number of amidine groups is 1. The Morgan fingerprint density at radius 3 is 2.56 bits per heavy atom. The molecule has 3 N–H and O–H groups in total. The average molecular weight is 544 g/mol. The Labute approximate surface area is 222 Å². The van der Waals surface area contributed by atoms with Crippen LogP contribution in [0.15, 0.2) is 46.4 Å². The van der Waals surface area contributed by atoms with Gasteiger partial charge in [0.1, 0.15) is 17.9 Å². The minimum absolute atomic E-state index is 0.0754. The Bertz CT molecular complexity index is 1320. The second kappa shape index (κ2) is 10.9. The van der Waals surface area contributed by atoms with Crippen molar-refractivity contribution in [2.24, 2.45) is 9.98 Å². The Balaban J connectivity index is 1.26. The predicted molar refractivity (Wildman–Crippen MR) is 142 cm³/mol. The molecule has 3 aliphatic heterocycles. The van der Waals surface area contributed by atoms with Gasteiger partial charge >= 0.3 is 12.2 Å². The first-order chi connectivity index (χ1) is 18.7. The molecule has 13 heteroatoms. The van der Waals surface area contributed by atoms with E-state index in [0.717, 1.165) is 11.6 Å². The highest BCUT2D eigenvalue weighted by Gasteiger charge is 2.36. The lowest BCUT2D eigenvalue weighted by Gasteiger charge is -2.31. The molecule has 0 saturated carbocycles. The predicted octanol–water partition coefficient (Wildman–Crippen LogP) is 3.38. The molecule has 0 aromatic heterocycles. The van der Waals surface area contributed by atoms with Crippen molar-refractivity contribution < 1.29 is 27.5 Å². The van der Waals surface area contributed by atoms with Crippen molar-refractivity contribution in [2.75, 3.05) is 47.8 Å². The second-order valence-corrected chi connectivity index (χ2v) is 9.39. The van der Waals surface area contributed by atoms with E-state index < -0.39 is 24.0 Å². The number of carbonyl (C=O) groups excluding carboxylic acids is 2. The van der Waals surface area contributed by atoms with Crippen molar-refractivity contribution >= 4 is 41.2 Å². The zero-order chi connectivity index (χ0) is 27.6. The lowest BCUT2D eigenvalue weighted by Crippen LogP contribution is -2.44. The van der Waals surface area contributed by atoms with Gasteiger partial charge in [0, 0.05) is 56.7 Å². The van der Waals surface area contributed by atoms with Crippen LogP contribution in [0.2, 0.25) is 0 Å². The molecular weight excluding hydrogens is 515 g/mol. The Kier molecular flexibility index (Phi) is 7.42. The molecule has 5 rings (SSSR count). The number of halogens is 3. The molecule has 3 amide bonds. The Morgan fingerprint density at radius 1 is 1.05 bits per heavy atom. The summed E-state index contributed by atoms with van der Waals surface area (Å²) in [4.78, 5) is 35.7. The van der Waals surface area contributed by atoms with Gasteiger partial charge < -0.3 is 25.6 Å². The normalized spacial score (nSPS) is 18.9. The summed E-state index contributed by atoms with van der Waals surface area (Å²) in [5, 5.41) is 8.39. The highest BCUT2D eigenvalue weighted by molar-refractivity contribution is 6.03. The molecule has 3 heterocycles. The number of fused-ring (bicyclic) bond motifs is 1. The zero-order valence-corrected chi connectivity index (χ0v) is 21.2. The fourth-order valence-electron chi connectivity index (χ4n) is 4.84. The van der Waals surface area contributed by atoms with Crippen LogP contribution >= 0.6 is 0 Å². The van der Waals surface area contributed by atoms with Crippen LogP contribution in [0.1, 0.15) is 24.5 Å². The van der Waals surface area contributed by atoms with Gasteiger partial charge in [-0.25, -0.2) is 14.8 Å². The smallest absolute Gasteiger partial charge is 0.418 e. The van der Waals surface area contributed by atoms with Crippen LogP contribution < -0.4 is 30.5 Å². The van der Waals surface area contributed by atoms with Gasteiger partial charge in [-0.1, -0.05) is 0 Å². The van der Waals surface area contributed by atoms with Gasteiger partial charge in [-0.3, -0.25) is 9.69 Å². The summed E-state index contributed by atoms with van der Waals surface area (Å²) in [6.45, 7) is 3.93. The van der Waals surface area contributed by atoms with Crippen LogP contribution in [-0.2, 0) is 17.4 Å². The van der Waals surface area contributed by atoms with Crippen LogP contribution in [0.25, 0.3) is 0 Å². The number of rotatable bonds is 4. The van der Waals surface area contributed by atoms with Gasteiger partial charge in [-0.05, 0) is 48.4 Å². The molecule has 1 fully saturated rings. The summed E-state index contributed by atoms with van der Waals surface area (Å²) in [7, 11) is 0. The van der Waals surface area contributed by atoms with Crippen molar-refractivity contribution in [1.82, 2.24) is 10.6 Å². The first-order valence-electron chi connectivity index (χ1n) is 12.6. The van der Waals surface area contributed by atoms with E-state index >= 15 is 0 Å². The number of hydrogen-bond acceptors (Lipinski definition) is 7. The van der Waals surface area contributed by atoms with Gasteiger partial charge in [0.15, 0.2) is 6.23 Å². The number of ether oxygens (including phenoxy) is 1. The maximum Gasteiger partial charge on any atom is 0.418 e. The fraction of sp³-hybridized carbons (Fsp3) is 0.385. The summed E-state index contributed by atoms with van der Waals surface area (Å²) in [5.74, 6) is 0.769. The largest absolute Gasteiger partial charge is 0.468 e. The van der Waals surface area contributed by atoms with E-state index in [4.69, 9.17) is 4.74 Å². The third-order valence-electron chi connectivity index (χ3n) is 6.61. The minimum Gasteiger partial charge on any atom is -0.468 e. The van der Waals surface area contributed by atoms with Crippen LogP contribution in [0.4, 0.5) is 35.0 Å². The SMILES string of the molecule is CC(=O)NC1=NC=NC(Oc2ccc3c(c2)CCN3C(=O)Nc2ccc(N3CCNCC3)c(C(F)(F)F)c2)C1. The number of nitrogens with zero attached hydrogens (tertiary/aromatic N) is 4. The monoisotopic (exact) mass is 543 g/mol. The van der Waals surface area contributed by atoms with Gasteiger partial charge in [0.05, 0.1) is 12.0 Å². The van der Waals surface area contributed by atoms with Crippen LogP contribution in [0.3, 0.4) is 0 Å². The highest BCUT2D eigenvalue weighted by Crippen LogP contribution is 2.39. The van der Waals surface area contributed by atoms with E-state index in [1.165, 1.54) is 30.3 Å². The third kappa shape index (κ3) is 6.14. The minimum atomic E-state index is -4.56. The molecule has 0 radical (unpaired) electrons. The quantitative estimate of drug-likeness (QED) is 0.548. The molecule has 0 aliphatic carbocycles. The first kappa shape index (κ1) is 26.5. The van der Waals surface area contributed by atoms with E-state index in [0.29, 0.717) is 62.8 Å². The van der Waals surface area contributed by atoms with Crippen molar-refractivity contribution in [3.63, 3.8) is 0 Å². The highest BCUT2D eigenvalue weighted by atomic mass is 19.4. The van der Waals surface area contributed by atoms with Gasteiger partial charge in [0.25, 0.3) is 0 Å². The van der Waals surface area contributed by atoms with E-state index in [2.05, 4.69) is 25.9 Å². The maximum atomic E-state index is 13.9. The number of alkyl halides is 3. The summed E-state index contributed by atoms with van der Waals surface area (Å²) >= 11 is 0. The number of benzene rings is 2. The number of aliphatic imine (C=N–C) groups is 2. The molecule has 1 atom stereocenters. The number of carbonyl (C=O) groups is 2. The number of amides is 3. The average Bonchev–Trinajstić information content (AvgIpc) is 3.32. The van der Waals surface area contributed by atoms with Crippen molar-refractivity contribution in [3.05, 3.63) is 47.5 Å². The van der Waals surface area contributed by atoms with Crippen molar-refractivity contribution in [3.8, 4) is 5.75 Å². The summed E-state index contributed by atoms with van der Waals surface area (Å²) in [5.41, 5.74) is 0.928.